The third kappa shape index (κ3) is 0.577. The molecule has 2 atom stereocenters. The van der Waals surface area contributed by atoms with Gasteiger partial charge < -0.3 is 0 Å². The van der Waals surface area contributed by atoms with Gasteiger partial charge in [-0.1, -0.05) is 6.92 Å². The van der Waals surface area contributed by atoms with Crippen molar-refractivity contribution in [1.82, 2.24) is 0 Å². The summed E-state index contributed by atoms with van der Waals surface area (Å²) in [5.41, 5.74) is 0.455. The van der Waals surface area contributed by atoms with E-state index in [1.165, 1.54) is 12.8 Å². The fourth-order valence-electron chi connectivity index (χ4n) is 2.22. The molecule has 0 spiro atoms. The Morgan fingerprint density at radius 2 is 2.44 bits per heavy atom. The van der Waals surface area contributed by atoms with Crippen molar-refractivity contribution in [2.75, 3.05) is 0 Å². The van der Waals surface area contributed by atoms with E-state index in [-0.39, 0.29) is 0 Å². The SMILES string of the molecule is C[C@@]12CC[C@@H]1CC(=O)C2. The zero-order valence-electron chi connectivity index (χ0n) is 5.81. The lowest BCUT2D eigenvalue weighted by molar-refractivity contribution is -0.117. The Kier molecular flexibility index (Phi) is 0.842. The molecule has 0 bridgehead atoms. The third-order valence-corrected chi connectivity index (χ3v) is 3.12. The van der Waals surface area contributed by atoms with E-state index < -0.39 is 0 Å². The van der Waals surface area contributed by atoms with E-state index >= 15 is 0 Å². The largest absolute Gasteiger partial charge is 0.300 e. The molecule has 0 aromatic rings. The van der Waals surface area contributed by atoms with E-state index in [4.69, 9.17) is 0 Å². The lowest BCUT2D eigenvalue weighted by Gasteiger charge is -2.41. The highest BCUT2D eigenvalue weighted by Crippen LogP contribution is 2.55. The third-order valence-electron chi connectivity index (χ3n) is 3.12. The summed E-state index contributed by atoms with van der Waals surface area (Å²) < 4.78 is 0. The van der Waals surface area contributed by atoms with Gasteiger partial charge in [-0.05, 0) is 24.2 Å². The molecule has 50 valence electrons. The van der Waals surface area contributed by atoms with Crippen LogP contribution in [0, 0.1) is 11.3 Å². The maximum atomic E-state index is 10.9. The van der Waals surface area contributed by atoms with Crippen LogP contribution in [0.2, 0.25) is 0 Å². The van der Waals surface area contributed by atoms with Gasteiger partial charge in [0.05, 0.1) is 0 Å². The average Bonchev–Trinajstić information content (AvgIpc) is 1.94. The van der Waals surface area contributed by atoms with E-state index in [1.54, 1.807) is 0 Å². The second kappa shape index (κ2) is 1.39. The van der Waals surface area contributed by atoms with E-state index in [1.807, 2.05) is 0 Å². The van der Waals surface area contributed by atoms with Crippen molar-refractivity contribution in [2.24, 2.45) is 11.3 Å². The van der Waals surface area contributed by atoms with Crippen LogP contribution in [0.3, 0.4) is 0 Å². The standard InChI is InChI=1S/C8H12O/c1-8-3-2-6(8)4-7(9)5-8/h6H,2-5H2,1H3/t6-,8+/m1/s1. The summed E-state index contributed by atoms with van der Waals surface area (Å²) in [7, 11) is 0. The molecule has 0 heterocycles. The predicted octanol–water partition coefficient (Wildman–Crippen LogP) is 1.77. The van der Waals surface area contributed by atoms with Gasteiger partial charge in [0.2, 0.25) is 0 Å². The monoisotopic (exact) mass is 124 g/mol. The highest BCUT2D eigenvalue weighted by atomic mass is 16.1. The minimum absolute atomic E-state index is 0.455. The Morgan fingerprint density at radius 1 is 1.67 bits per heavy atom. The lowest BCUT2D eigenvalue weighted by Crippen LogP contribution is -2.31. The van der Waals surface area contributed by atoms with Crippen molar-refractivity contribution in [3.05, 3.63) is 0 Å². The van der Waals surface area contributed by atoms with Crippen molar-refractivity contribution in [2.45, 2.75) is 32.6 Å². The van der Waals surface area contributed by atoms with Crippen LogP contribution in [-0.2, 0) is 4.79 Å². The Hall–Kier alpha value is -0.330. The molecule has 2 rings (SSSR count). The van der Waals surface area contributed by atoms with E-state index in [0.29, 0.717) is 11.2 Å². The molecule has 0 radical (unpaired) electrons. The van der Waals surface area contributed by atoms with Gasteiger partial charge in [-0.25, -0.2) is 0 Å². The molecule has 0 aromatic heterocycles. The zero-order chi connectivity index (χ0) is 6.48. The van der Waals surface area contributed by atoms with Crippen LogP contribution in [0.5, 0.6) is 0 Å². The molecule has 0 N–H and O–H groups in total. The summed E-state index contributed by atoms with van der Waals surface area (Å²) in [5, 5.41) is 0. The smallest absolute Gasteiger partial charge is 0.133 e. The molecule has 1 nitrogen and oxygen atoms in total. The maximum Gasteiger partial charge on any atom is 0.133 e. The highest BCUT2D eigenvalue weighted by molar-refractivity contribution is 5.82. The van der Waals surface area contributed by atoms with Crippen molar-refractivity contribution in [3.8, 4) is 0 Å². The van der Waals surface area contributed by atoms with Gasteiger partial charge in [0.1, 0.15) is 5.78 Å². The molecule has 2 saturated carbocycles. The van der Waals surface area contributed by atoms with Gasteiger partial charge in [-0.15, -0.1) is 0 Å². The number of Topliss-reactive ketones (excluding diaryl/α,β-unsaturated/α-hetero) is 1. The summed E-state index contributed by atoms with van der Waals surface area (Å²) in [6.07, 6.45) is 4.36. The molecule has 2 aliphatic rings. The number of carbonyl (C=O) groups is 1. The number of rotatable bonds is 0. The number of fused-ring (bicyclic) bond motifs is 1. The summed E-state index contributed by atoms with van der Waals surface area (Å²) >= 11 is 0. The van der Waals surface area contributed by atoms with Gasteiger partial charge in [0.25, 0.3) is 0 Å². The number of hydrogen-bond donors (Lipinski definition) is 0. The number of hydrogen-bond acceptors (Lipinski definition) is 1. The maximum absolute atomic E-state index is 10.9. The fourth-order valence-corrected chi connectivity index (χ4v) is 2.22. The molecule has 0 saturated heterocycles. The van der Waals surface area contributed by atoms with Gasteiger partial charge >= 0.3 is 0 Å². The first-order valence-corrected chi connectivity index (χ1v) is 3.72. The first-order valence-electron chi connectivity index (χ1n) is 3.72. The van der Waals surface area contributed by atoms with Crippen LogP contribution in [0.1, 0.15) is 32.6 Å². The lowest BCUT2D eigenvalue weighted by atomic mass is 9.64. The van der Waals surface area contributed by atoms with Crippen LogP contribution in [0.15, 0.2) is 0 Å². The van der Waals surface area contributed by atoms with Crippen LogP contribution in [-0.4, -0.2) is 5.78 Å². The number of carbonyl (C=O) groups excluding carboxylic acids is 1. The predicted molar refractivity (Wildman–Crippen MR) is 35.1 cm³/mol. The normalized spacial score (nSPS) is 48.6. The van der Waals surface area contributed by atoms with Gasteiger partial charge in [-0.2, -0.15) is 0 Å². The Labute approximate surface area is 55.4 Å². The van der Waals surface area contributed by atoms with Crippen molar-refractivity contribution >= 4 is 5.78 Å². The van der Waals surface area contributed by atoms with Gasteiger partial charge in [0.15, 0.2) is 0 Å². The van der Waals surface area contributed by atoms with Crippen LogP contribution < -0.4 is 0 Å². The molecule has 2 fully saturated rings. The zero-order valence-corrected chi connectivity index (χ0v) is 5.81. The molecular formula is C8H12O. The molecule has 2 aliphatic carbocycles. The van der Waals surface area contributed by atoms with E-state index in [2.05, 4.69) is 6.92 Å². The molecule has 1 heteroatoms. The van der Waals surface area contributed by atoms with Crippen LogP contribution >= 0.6 is 0 Å². The minimum Gasteiger partial charge on any atom is -0.300 e. The minimum atomic E-state index is 0.455. The topological polar surface area (TPSA) is 17.1 Å². The van der Waals surface area contributed by atoms with Crippen LogP contribution in [0.4, 0.5) is 0 Å². The quantitative estimate of drug-likeness (QED) is 0.481. The summed E-state index contributed by atoms with van der Waals surface area (Å²) in [6, 6.07) is 0. The molecule has 0 unspecified atom stereocenters. The summed E-state index contributed by atoms with van der Waals surface area (Å²) in [5.74, 6) is 1.27. The molecule has 0 aromatic carbocycles. The Balaban J connectivity index is 2.20. The first kappa shape index (κ1) is 5.45. The van der Waals surface area contributed by atoms with Gasteiger partial charge in [0, 0.05) is 12.8 Å². The summed E-state index contributed by atoms with van der Waals surface area (Å²) in [6.45, 7) is 2.26. The van der Waals surface area contributed by atoms with Crippen molar-refractivity contribution < 1.29 is 4.79 Å². The first-order chi connectivity index (χ1) is 4.21. The number of ketones is 1. The highest BCUT2D eigenvalue weighted by Gasteiger charge is 2.49. The average molecular weight is 124 g/mol. The fraction of sp³-hybridized carbons (Fsp3) is 0.875. The molecule has 9 heavy (non-hydrogen) atoms. The van der Waals surface area contributed by atoms with E-state index in [9.17, 15) is 4.79 Å². The van der Waals surface area contributed by atoms with E-state index in [0.717, 1.165) is 18.8 Å². The molecule has 0 amide bonds. The molecular weight excluding hydrogens is 112 g/mol. The second-order valence-corrected chi connectivity index (χ2v) is 3.81. The summed E-state index contributed by atoms with van der Waals surface area (Å²) in [4.78, 5) is 10.9. The van der Waals surface area contributed by atoms with Crippen molar-refractivity contribution in [1.29, 1.82) is 0 Å². The second-order valence-electron chi connectivity index (χ2n) is 3.81. The molecule has 0 aliphatic heterocycles. The van der Waals surface area contributed by atoms with Crippen LogP contribution in [0.25, 0.3) is 0 Å². The van der Waals surface area contributed by atoms with Gasteiger partial charge in [-0.3, -0.25) is 4.79 Å². The Bertz CT molecular complexity index is 162. The van der Waals surface area contributed by atoms with Crippen molar-refractivity contribution in [3.63, 3.8) is 0 Å². The Morgan fingerprint density at radius 3 is 2.67 bits per heavy atom.